The highest BCUT2D eigenvalue weighted by Crippen LogP contribution is 2.34. The van der Waals surface area contributed by atoms with Crippen molar-refractivity contribution in [1.82, 2.24) is 10.5 Å². The van der Waals surface area contributed by atoms with Crippen LogP contribution >= 0.6 is 12.2 Å². The van der Waals surface area contributed by atoms with Gasteiger partial charge in [0, 0.05) is 17.5 Å². The number of thiocarbonyl (C=S) groups is 1. The summed E-state index contributed by atoms with van der Waals surface area (Å²) >= 11 is 5.70. The maximum atomic E-state index is 13.5. The van der Waals surface area contributed by atoms with E-state index in [9.17, 15) is 10.1 Å². The second kappa shape index (κ2) is 8.65. The van der Waals surface area contributed by atoms with Crippen LogP contribution in [0.25, 0.3) is 0 Å². The molecule has 3 aromatic rings. The van der Waals surface area contributed by atoms with Gasteiger partial charge in [0.2, 0.25) is 0 Å². The van der Waals surface area contributed by atoms with Crippen molar-refractivity contribution in [3.05, 3.63) is 88.3 Å². The van der Waals surface area contributed by atoms with Gasteiger partial charge in [0.05, 0.1) is 23.2 Å². The number of carbonyl (C=O) groups excluding carboxylic acids is 1. The number of hydrogen-bond acceptors (Lipinski definition) is 5. The van der Waals surface area contributed by atoms with E-state index in [1.807, 2.05) is 49.1 Å². The summed E-state index contributed by atoms with van der Waals surface area (Å²) in [5, 5.41) is 19.8. The van der Waals surface area contributed by atoms with Crippen LogP contribution in [-0.2, 0) is 4.79 Å². The number of aromatic nitrogens is 1. The van der Waals surface area contributed by atoms with Crippen LogP contribution in [0.2, 0.25) is 0 Å². The SMILES string of the molecule is CC1=C(C(=O)Nc2cc(C)on2)[C@H](c2cccc(C#N)c2)NC(=S)N1c1cccc(C)c1. The number of carbonyl (C=O) groups is 1. The quantitative estimate of drug-likeness (QED) is 0.573. The topological polar surface area (TPSA) is 94.2 Å². The number of anilines is 2. The third-order valence-electron chi connectivity index (χ3n) is 5.21. The summed E-state index contributed by atoms with van der Waals surface area (Å²) in [5.74, 6) is 0.581. The molecule has 0 radical (unpaired) electrons. The minimum atomic E-state index is -0.537. The molecule has 8 heteroatoms. The van der Waals surface area contributed by atoms with Crippen LogP contribution in [0.15, 0.2) is 70.4 Å². The van der Waals surface area contributed by atoms with E-state index in [1.165, 1.54) is 0 Å². The summed E-state index contributed by atoms with van der Waals surface area (Å²) in [6.07, 6.45) is 0. The van der Waals surface area contributed by atoms with Gasteiger partial charge in [0.15, 0.2) is 10.9 Å². The Morgan fingerprint density at radius 3 is 2.66 bits per heavy atom. The Bertz CT molecular complexity index is 1290. The van der Waals surface area contributed by atoms with Crippen LogP contribution in [0.4, 0.5) is 11.5 Å². The zero-order valence-corrected chi connectivity index (χ0v) is 18.7. The molecule has 0 aliphatic carbocycles. The van der Waals surface area contributed by atoms with Crippen molar-refractivity contribution in [2.45, 2.75) is 26.8 Å². The number of aryl methyl sites for hydroxylation is 2. The molecule has 2 heterocycles. The van der Waals surface area contributed by atoms with Crippen LogP contribution < -0.4 is 15.5 Å². The van der Waals surface area contributed by atoms with E-state index in [0.717, 1.165) is 16.8 Å². The molecule has 0 saturated heterocycles. The van der Waals surface area contributed by atoms with Crippen LogP contribution in [0.5, 0.6) is 0 Å². The van der Waals surface area contributed by atoms with Gasteiger partial charge in [0.1, 0.15) is 5.76 Å². The van der Waals surface area contributed by atoms with Crippen molar-refractivity contribution in [2.75, 3.05) is 10.2 Å². The number of nitriles is 1. The molecule has 160 valence electrons. The second-order valence-electron chi connectivity index (χ2n) is 7.57. The lowest BCUT2D eigenvalue weighted by Crippen LogP contribution is -2.48. The third kappa shape index (κ3) is 4.11. The van der Waals surface area contributed by atoms with Crippen LogP contribution in [0, 0.1) is 25.2 Å². The number of amides is 1. The Kier molecular flexibility index (Phi) is 5.75. The van der Waals surface area contributed by atoms with Gasteiger partial charge in [-0.2, -0.15) is 5.26 Å². The zero-order valence-electron chi connectivity index (χ0n) is 17.8. The third-order valence-corrected chi connectivity index (χ3v) is 5.51. The lowest BCUT2D eigenvalue weighted by Gasteiger charge is -2.38. The fourth-order valence-corrected chi connectivity index (χ4v) is 4.12. The molecule has 7 nitrogen and oxygen atoms in total. The minimum absolute atomic E-state index is 0.326. The molecule has 32 heavy (non-hydrogen) atoms. The predicted octanol–water partition coefficient (Wildman–Crippen LogP) is 4.51. The molecule has 1 aliphatic rings. The lowest BCUT2D eigenvalue weighted by atomic mass is 9.93. The van der Waals surface area contributed by atoms with Gasteiger partial charge in [-0.25, -0.2) is 0 Å². The average Bonchev–Trinajstić information content (AvgIpc) is 3.17. The van der Waals surface area contributed by atoms with E-state index in [1.54, 1.807) is 31.2 Å². The molecule has 0 unspecified atom stereocenters. The molecule has 1 aromatic heterocycles. The van der Waals surface area contributed by atoms with Gasteiger partial charge < -0.3 is 15.2 Å². The normalized spacial score (nSPS) is 15.9. The van der Waals surface area contributed by atoms with Gasteiger partial charge in [0.25, 0.3) is 5.91 Å². The molecule has 1 atom stereocenters. The summed E-state index contributed by atoms with van der Waals surface area (Å²) in [6, 6.07) is 18.3. The van der Waals surface area contributed by atoms with Gasteiger partial charge in [-0.05, 0) is 68.4 Å². The molecular formula is C24H21N5O2S. The fraction of sp³-hybridized carbons (Fsp3) is 0.167. The van der Waals surface area contributed by atoms with Crippen molar-refractivity contribution < 1.29 is 9.32 Å². The number of allylic oxidation sites excluding steroid dienone is 1. The smallest absolute Gasteiger partial charge is 0.257 e. The van der Waals surface area contributed by atoms with Gasteiger partial charge in [-0.1, -0.05) is 29.4 Å². The molecule has 0 bridgehead atoms. The second-order valence-corrected chi connectivity index (χ2v) is 7.96. The van der Waals surface area contributed by atoms with Gasteiger partial charge in [-0.15, -0.1) is 0 Å². The average molecular weight is 444 g/mol. The number of hydrogen-bond donors (Lipinski definition) is 2. The first-order chi connectivity index (χ1) is 15.4. The largest absolute Gasteiger partial charge is 0.360 e. The standard InChI is InChI=1S/C24H21N5O2S/c1-14-6-4-9-19(10-14)29-16(3)21(23(30)26-20-11-15(2)31-28-20)22(27-24(29)32)18-8-5-7-17(12-18)13-25/h4-12,22H,1-3H3,(H,27,32)(H,26,28,30)/t22-/m0/s1. The first-order valence-electron chi connectivity index (χ1n) is 10.00. The van der Waals surface area contributed by atoms with Crippen molar-refractivity contribution >= 4 is 34.7 Å². The fourth-order valence-electron chi connectivity index (χ4n) is 3.76. The molecule has 0 saturated carbocycles. The molecule has 4 rings (SSSR count). The highest BCUT2D eigenvalue weighted by Gasteiger charge is 2.35. The van der Waals surface area contributed by atoms with E-state index in [0.29, 0.717) is 33.5 Å². The van der Waals surface area contributed by atoms with E-state index < -0.39 is 6.04 Å². The predicted molar refractivity (Wildman–Crippen MR) is 126 cm³/mol. The maximum Gasteiger partial charge on any atom is 0.257 e. The van der Waals surface area contributed by atoms with Crippen LogP contribution in [0.1, 0.15) is 35.4 Å². The first kappa shape index (κ1) is 21.3. The summed E-state index contributed by atoms with van der Waals surface area (Å²) < 4.78 is 5.08. The van der Waals surface area contributed by atoms with Crippen LogP contribution in [-0.4, -0.2) is 16.2 Å². The highest BCUT2D eigenvalue weighted by molar-refractivity contribution is 7.80. The van der Waals surface area contributed by atoms with Crippen LogP contribution in [0.3, 0.4) is 0 Å². The van der Waals surface area contributed by atoms with Gasteiger partial charge in [-0.3, -0.25) is 9.69 Å². The Morgan fingerprint density at radius 1 is 1.19 bits per heavy atom. The Morgan fingerprint density at radius 2 is 1.97 bits per heavy atom. The molecule has 2 aromatic carbocycles. The summed E-state index contributed by atoms with van der Waals surface area (Å²) in [4.78, 5) is 15.3. The van der Waals surface area contributed by atoms with E-state index in [4.69, 9.17) is 16.7 Å². The van der Waals surface area contributed by atoms with E-state index in [-0.39, 0.29) is 5.91 Å². The monoisotopic (exact) mass is 443 g/mol. The molecule has 0 fully saturated rings. The summed E-state index contributed by atoms with van der Waals surface area (Å²) in [5.41, 5.74) is 4.34. The Balaban J connectivity index is 1.83. The van der Waals surface area contributed by atoms with Crippen molar-refractivity contribution in [1.29, 1.82) is 5.26 Å². The van der Waals surface area contributed by atoms with Gasteiger partial charge >= 0.3 is 0 Å². The van der Waals surface area contributed by atoms with E-state index >= 15 is 0 Å². The van der Waals surface area contributed by atoms with Crippen molar-refractivity contribution in [2.24, 2.45) is 0 Å². The zero-order chi connectivity index (χ0) is 22.8. The molecule has 1 amide bonds. The lowest BCUT2D eigenvalue weighted by molar-refractivity contribution is -0.113. The molecule has 1 aliphatic heterocycles. The number of rotatable bonds is 4. The van der Waals surface area contributed by atoms with Crippen molar-refractivity contribution in [3.8, 4) is 6.07 Å². The van der Waals surface area contributed by atoms with E-state index in [2.05, 4.69) is 21.9 Å². The molecule has 2 N–H and O–H groups in total. The number of nitrogens with one attached hydrogen (secondary N) is 2. The molecule has 0 spiro atoms. The first-order valence-corrected chi connectivity index (χ1v) is 10.4. The number of nitrogens with zero attached hydrogens (tertiary/aromatic N) is 3. The Labute approximate surface area is 191 Å². The summed E-state index contributed by atoms with van der Waals surface area (Å²) in [6.45, 7) is 5.61. The maximum absolute atomic E-state index is 13.5. The minimum Gasteiger partial charge on any atom is -0.360 e. The Hall–Kier alpha value is -3.96. The van der Waals surface area contributed by atoms with Crippen molar-refractivity contribution in [3.63, 3.8) is 0 Å². The molecular weight excluding hydrogens is 422 g/mol. The number of benzene rings is 2. The summed E-state index contributed by atoms with van der Waals surface area (Å²) in [7, 11) is 0. The highest BCUT2D eigenvalue weighted by atomic mass is 32.1.